The molecule has 1 aromatic heterocycles. The molecule has 0 bridgehead atoms. The number of likely N-dealkylation sites (tertiary alicyclic amines) is 1. The number of rotatable bonds is 3. The standard InChI is InChI=1S/C17H18N2O4/c20-15-7-9-18(14-6-2-1-5-13(14)15)11-16(21)19-8-3-4-12(10-19)17(22)23/h1-2,5-7,9,12H,3-4,8,10-11H2,(H,22,23). The first-order valence-electron chi connectivity index (χ1n) is 7.65. The summed E-state index contributed by atoms with van der Waals surface area (Å²) in [7, 11) is 0. The minimum absolute atomic E-state index is 0.0757. The summed E-state index contributed by atoms with van der Waals surface area (Å²) in [5.74, 6) is -1.46. The fourth-order valence-electron chi connectivity index (χ4n) is 3.05. The van der Waals surface area contributed by atoms with Crippen LogP contribution in [0.4, 0.5) is 0 Å². The molecule has 6 heteroatoms. The van der Waals surface area contributed by atoms with Gasteiger partial charge in [0.1, 0.15) is 6.54 Å². The van der Waals surface area contributed by atoms with Crippen molar-refractivity contribution in [3.63, 3.8) is 0 Å². The number of benzene rings is 1. The number of carbonyl (C=O) groups excluding carboxylic acids is 1. The average molecular weight is 314 g/mol. The molecule has 0 aliphatic carbocycles. The van der Waals surface area contributed by atoms with Gasteiger partial charge in [0.2, 0.25) is 5.91 Å². The first kappa shape index (κ1) is 15.3. The van der Waals surface area contributed by atoms with Crippen molar-refractivity contribution >= 4 is 22.8 Å². The Hall–Kier alpha value is -2.63. The van der Waals surface area contributed by atoms with E-state index in [1.54, 1.807) is 33.9 Å². The van der Waals surface area contributed by atoms with Crippen LogP contribution in [0.3, 0.4) is 0 Å². The van der Waals surface area contributed by atoms with E-state index < -0.39 is 11.9 Å². The zero-order chi connectivity index (χ0) is 16.4. The number of nitrogens with zero attached hydrogens (tertiary/aromatic N) is 2. The maximum absolute atomic E-state index is 12.5. The third-order valence-electron chi connectivity index (χ3n) is 4.31. The van der Waals surface area contributed by atoms with Gasteiger partial charge in [0, 0.05) is 30.7 Å². The normalized spacial score (nSPS) is 18.1. The van der Waals surface area contributed by atoms with Gasteiger partial charge in [-0.15, -0.1) is 0 Å². The molecule has 1 aromatic carbocycles. The van der Waals surface area contributed by atoms with Crippen molar-refractivity contribution in [2.24, 2.45) is 5.92 Å². The maximum Gasteiger partial charge on any atom is 0.308 e. The molecule has 0 spiro atoms. The summed E-state index contributed by atoms with van der Waals surface area (Å²) in [6, 6.07) is 8.61. The first-order valence-corrected chi connectivity index (χ1v) is 7.65. The van der Waals surface area contributed by atoms with Crippen LogP contribution in [0, 0.1) is 5.92 Å². The van der Waals surface area contributed by atoms with Crippen molar-refractivity contribution in [1.29, 1.82) is 0 Å². The van der Waals surface area contributed by atoms with E-state index in [2.05, 4.69) is 0 Å². The lowest BCUT2D eigenvalue weighted by molar-refractivity contribution is -0.145. The van der Waals surface area contributed by atoms with Gasteiger partial charge in [-0.25, -0.2) is 0 Å². The van der Waals surface area contributed by atoms with E-state index in [0.29, 0.717) is 30.3 Å². The molecule has 1 saturated heterocycles. The van der Waals surface area contributed by atoms with E-state index in [-0.39, 0.29) is 24.4 Å². The quantitative estimate of drug-likeness (QED) is 0.927. The fourth-order valence-corrected chi connectivity index (χ4v) is 3.05. The smallest absolute Gasteiger partial charge is 0.308 e. The number of pyridine rings is 1. The van der Waals surface area contributed by atoms with E-state index >= 15 is 0 Å². The molecular weight excluding hydrogens is 296 g/mol. The van der Waals surface area contributed by atoms with E-state index in [9.17, 15) is 14.4 Å². The second-order valence-electron chi connectivity index (χ2n) is 5.84. The predicted molar refractivity (Wildman–Crippen MR) is 85.1 cm³/mol. The van der Waals surface area contributed by atoms with Crippen molar-refractivity contribution in [1.82, 2.24) is 9.47 Å². The Balaban J connectivity index is 1.82. The summed E-state index contributed by atoms with van der Waals surface area (Å²) >= 11 is 0. The Morgan fingerprint density at radius 2 is 2.00 bits per heavy atom. The van der Waals surface area contributed by atoms with Crippen molar-refractivity contribution in [2.75, 3.05) is 13.1 Å². The molecule has 120 valence electrons. The van der Waals surface area contributed by atoms with Crippen LogP contribution in [0.1, 0.15) is 12.8 Å². The maximum atomic E-state index is 12.5. The number of aliphatic carboxylic acids is 1. The van der Waals surface area contributed by atoms with E-state index in [1.807, 2.05) is 6.07 Å². The summed E-state index contributed by atoms with van der Waals surface area (Å²) in [4.78, 5) is 37.1. The minimum Gasteiger partial charge on any atom is -0.481 e. The Bertz CT molecular complexity index is 812. The third kappa shape index (κ3) is 3.11. The Morgan fingerprint density at radius 3 is 2.78 bits per heavy atom. The molecule has 6 nitrogen and oxygen atoms in total. The summed E-state index contributed by atoms with van der Waals surface area (Å²) < 4.78 is 1.74. The number of para-hydroxylation sites is 1. The molecule has 1 aliphatic rings. The summed E-state index contributed by atoms with van der Waals surface area (Å²) in [5.41, 5.74) is 0.633. The van der Waals surface area contributed by atoms with Crippen molar-refractivity contribution in [3.8, 4) is 0 Å². The third-order valence-corrected chi connectivity index (χ3v) is 4.31. The van der Waals surface area contributed by atoms with Crippen LogP contribution in [0.25, 0.3) is 10.9 Å². The van der Waals surface area contributed by atoms with Gasteiger partial charge in [0.25, 0.3) is 0 Å². The van der Waals surface area contributed by atoms with Gasteiger partial charge in [-0.05, 0) is 25.0 Å². The largest absolute Gasteiger partial charge is 0.481 e. The van der Waals surface area contributed by atoms with Gasteiger partial charge in [0.15, 0.2) is 5.43 Å². The number of piperidine rings is 1. The second-order valence-corrected chi connectivity index (χ2v) is 5.84. The number of hydrogen-bond acceptors (Lipinski definition) is 3. The average Bonchev–Trinajstić information content (AvgIpc) is 2.57. The number of carboxylic acids is 1. The van der Waals surface area contributed by atoms with Gasteiger partial charge in [-0.2, -0.15) is 0 Å². The monoisotopic (exact) mass is 314 g/mol. The van der Waals surface area contributed by atoms with Crippen LogP contribution < -0.4 is 5.43 Å². The summed E-state index contributed by atoms with van der Waals surface area (Å²) in [6.45, 7) is 0.945. The van der Waals surface area contributed by atoms with E-state index in [1.165, 1.54) is 6.07 Å². The lowest BCUT2D eigenvalue weighted by Crippen LogP contribution is -2.43. The van der Waals surface area contributed by atoms with Crippen LogP contribution in [0.5, 0.6) is 0 Å². The molecule has 0 radical (unpaired) electrons. The van der Waals surface area contributed by atoms with Gasteiger partial charge >= 0.3 is 5.97 Å². The van der Waals surface area contributed by atoms with Crippen molar-refractivity contribution in [3.05, 3.63) is 46.8 Å². The molecule has 1 aliphatic heterocycles. The number of amides is 1. The van der Waals surface area contributed by atoms with Crippen molar-refractivity contribution < 1.29 is 14.7 Å². The number of carbonyl (C=O) groups is 2. The zero-order valence-corrected chi connectivity index (χ0v) is 12.6. The van der Waals surface area contributed by atoms with Gasteiger partial charge in [-0.3, -0.25) is 14.4 Å². The highest BCUT2D eigenvalue weighted by Gasteiger charge is 2.28. The number of fused-ring (bicyclic) bond motifs is 1. The lowest BCUT2D eigenvalue weighted by Gasteiger charge is -2.31. The molecule has 0 saturated carbocycles. The number of hydrogen-bond donors (Lipinski definition) is 1. The summed E-state index contributed by atoms with van der Waals surface area (Å²) in [6.07, 6.45) is 2.93. The van der Waals surface area contributed by atoms with E-state index in [0.717, 1.165) is 0 Å². The molecule has 23 heavy (non-hydrogen) atoms. The Morgan fingerprint density at radius 1 is 1.22 bits per heavy atom. The topological polar surface area (TPSA) is 79.6 Å². The van der Waals surface area contributed by atoms with Gasteiger partial charge < -0.3 is 14.6 Å². The molecule has 1 atom stereocenters. The van der Waals surface area contributed by atoms with Gasteiger partial charge in [-0.1, -0.05) is 12.1 Å². The predicted octanol–water partition coefficient (Wildman–Crippen LogP) is 1.32. The highest BCUT2D eigenvalue weighted by molar-refractivity contribution is 5.82. The number of aromatic nitrogens is 1. The molecule has 1 amide bonds. The zero-order valence-electron chi connectivity index (χ0n) is 12.6. The first-order chi connectivity index (χ1) is 11.1. The van der Waals surface area contributed by atoms with Gasteiger partial charge in [0.05, 0.1) is 11.4 Å². The van der Waals surface area contributed by atoms with Crippen molar-refractivity contribution in [2.45, 2.75) is 19.4 Å². The molecule has 2 aromatic rings. The highest BCUT2D eigenvalue weighted by atomic mass is 16.4. The SMILES string of the molecule is O=C(O)C1CCCN(C(=O)Cn2ccc(=O)c3ccccc32)C1. The molecule has 1 fully saturated rings. The molecular formula is C17H18N2O4. The van der Waals surface area contributed by atoms with Crippen LogP contribution in [0.15, 0.2) is 41.3 Å². The molecule has 2 heterocycles. The van der Waals surface area contributed by atoms with Crippen LogP contribution in [-0.4, -0.2) is 39.5 Å². The number of carboxylic acid groups (broad SMARTS) is 1. The highest BCUT2D eigenvalue weighted by Crippen LogP contribution is 2.17. The lowest BCUT2D eigenvalue weighted by atomic mass is 9.98. The molecule has 1 unspecified atom stereocenters. The second kappa shape index (κ2) is 6.24. The van der Waals surface area contributed by atoms with Crippen LogP contribution in [-0.2, 0) is 16.1 Å². The Labute approximate surface area is 132 Å². The van der Waals surface area contributed by atoms with Crippen LogP contribution >= 0.6 is 0 Å². The fraction of sp³-hybridized carbons (Fsp3) is 0.353. The van der Waals surface area contributed by atoms with E-state index in [4.69, 9.17) is 5.11 Å². The minimum atomic E-state index is -0.851. The Kier molecular flexibility index (Phi) is 4.14. The molecule has 1 N–H and O–H groups in total. The van der Waals surface area contributed by atoms with Crippen LogP contribution in [0.2, 0.25) is 0 Å². The summed E-state index contributed by atoms with van der Waals surface area (Å²) in [5, 5.41) is 9.70. The molecule has 3 rings (SSSR count).